The van der Waals surface area contributed by atoms with Crippen molar-refractivity contribution in [3.8, 4) is 11.1 Å². The molecule has 0 saturated carbocycles. The highest BCUT2D eigenvalue weighted by molar-refractivity contribution is 5.83. The number of rotatable bonds is 4. The zero-order valence-corrected chi connectivity index (χ0v) is 19.3. The summed E-state index contributed by atoms with van der Waals surface area (Å²) < 4.78 is 13.0. The lowest BCUT2D eigenvalue weighted by molar-refractivity contribution is 0.393. The van der Waals surface area contributed by atoms with Crippen molar-refractivity contribution >= 4 is 11.0 Å². The van der Waals surface area contributed by atoms with E-state index in [4.69, 9.17) is 14.2 Å². The number of aromatic nitrogens is 3. The van der Waals surface area contributed by atoms with Gasteiger partial charge in [-0.1, -0.05) is 56.3 Å². The molecule has 3 heterocycles. The standard InChI is InChI=1S/C22H21N3O2.C4H10/c1-13-22(14(2)27-24-13)18-8-9-19-20(10-18)25(15(3)23-19)11-16-4-6-17(7-5-16)21-12-26-21;1-4(2)3/h4-10,21H,11-12H2,1-3H3;4H,1-3H3. The van der Waals surface area contributed by atoms with E-state index in [1.165, 1.54) is 11.1 Å². The Morgan fingerprint density at radius 2 is 1.71 bits per heavy atom. The molecule has 1 fully saturated rings. The lowest BCUT2D eigenvalue weighted by atomic mass is 10.0. The van der Waals surface area contributed by atoms with Crippen LogP contribution in [0.3, 0.4) is 0 Å². The second-order valence-electron chi connectivity index (χ2n) is 8.94. The Hall–Kier alpha value is -2.92. The van der Waals surface area contributed by atoms with Gasteiger partial charge in [0.1, 0.15) is 17.7 Å². The molecule has 2 aromatic carbocycles. The van der Waals surface area contributed by atoms with Crippen LogP contribution in [-0.2, 0) is 11.3 Å². The van der Waals surface area contributed by atoms with Crippen LogP contribution in [0.4, 0.5) is 0 Å². The van der Waals surface area contributed by atoms with Crippen LogP contribution >= 0.6 is 0 Å². The van der Waals surface area contributed by atoms with Crippen LogP contribution in [0.15, 0.2) is 47.0 Å². The van der Waals surface area contributed by atoms with Gasteiger partial charge in [0, 0.05) is 12.1 Å². The van der Waals surface area contributed by atoms with Crippen molar-refractivity contribution in [2.45, 2.75) is 54.2 Å². The van der Waals surface area contributed by atoms with E-state index in [1.807, 2.05) is 13.8 Å². The summed E-state index contributed by atoms with van der Waals surface area (Å²) in [6.45, 7) is 14.1. The fraction of sp³-hybridized carbons (Fsp3) is 0.385. The van der Waals surface area contributed by atoms with E-state index >= 15 is 0 Å². The normalized spacial score (nSPS) is 15.3. The predicted molar refractivity (Wildman–Crippen MR) is 124 cm³/mol. The summed E-state index contributed by atoms with van der Waals surface area (Å²) in [5, 5.41) is 4.09. The molecule has 2 aromatic heterocycles. The molecule has 5 nitrogen and oxygen atoms in total. The predicted octanol–water partition coefficient (Wildman–Crippen LogP) is 6.40. The Labute approximate surface area is 184 Å². The molecule has 0 radical (unpaired) electrons. The number of epoxide rings is 1. The molecule has 0 aliphatic carbocycles. The van der Waals surface area contributed by atoms with E-state index in [0.29, 0.717) is 6.10 Å². The van der Waals surface area contributed by atoms with Gasteiger partial charge < -0.3 is 13.8 Å². The van der Waals surface area contributed by atoms with Gasteiger partial charge in [0.15, 0.2) is 0 Å². The summed E-state index contributed by atoms with van der Waals surface area (Å²) in [4.78, 5) is 4.74. The van der Waals surface area contributed by atoms with E-state index in [1.54, 1.807) is 0 Å². The average Bonchev–Trinajstić information content (AvgIpc) is 3.46. The molecule has 1 aliphatic rings. The third-order valence-electron chi connectivity index (χ3n) is 5.29. The largest absolute Gasteiger partial charge is 0.368 e. The number of hydrogen-bond donors (Lipinski definition) is 0. The van der Waals surface area contributed by atoms with Crippen LogP contribution in [-0.4, -0.2) is 21.3 Å². The molecule has 1 unspecified atom stereocenters. The monoisotopic (exact) mass is 417 g/mol. The quantitative estimate of drug-likeness (QED) is 0.361. The van der Waals surface area contributed by atoms with Gasteiger partial charge in [-0.3, -0.25) is 0 Å². The minimum Gasteiger partial charge on any atom is -0.368 e. The molecule has 4 aromatic rings. The summed E-state index contributed by atoms with van der Waals surface area (Å²) >= 11 is 0. The number of fused-ring (bicyclic) bond motifs is 1. The molecule has 1 aliphatic heterocycles. The van der Waals surface area contributed by atoms with E-state index in [9.17, 15) is 0 Å². The molecule has 0 bridgehead atoms. The maximum atomic E-state index is 5.36. The summed E-state index contributed by atoms with van der Waals surface area (Å²) in [7, 11) is 0. The highest BCUT2D eigenvalue weighted by Gasteiger charge is 2.24. The van der Waals surface area contributed by atoms with Crippen molar-refractivity contribution in [3.63, 3.8) is 0 Å². The molecule has 0 spiro atoms. The molecule has 31 heavy (non-hydrogen) atoms. The first-order valence-electron chi connectivity index (χ1n) is 10.9. The Bertz CT molecular complexity index is 1160. The molecule has 162 valence electrons. The Morgan fingerprint density at radius 3 is 2.29 bits per heavy atom. The summed E-state index contributed by atoms with van der Waals surface area (Å²) in [6.07, 6.45) is 0.299. The molecular formula is C26H31N3O2. The Kier molecular flexibility index (Phi) is 5.96. The molecule has 0 amide bonds. The van der Waals surface area contributed by atoms with Crippen LogP contribution in [0.2, 0.25) is 0 Å². The van der Waals surface area contributed by atoms with E-state index in [-0.39, 0.29) is 0 Å². The van der Waals surface area contributed by atoms with Crippen LogP contribution in [0.1, 0.15) is 55.3 Å². The zero-order valence-electron chi connectivity index (χ0n) is 19.3. The maximum Gasteiger partial charge on any atom is 0.141 e. The van der Waals surface area contributed by atoms with Crippen molar-refractivity contribution in [1.29, 1.82) is 0 Å². The highest BCUT2D eigenvalue weighted by Crippen LogP contribution is 2.31. The number of ether oxygens (including phenoxy) is 1. The Balaban J connectivity index is 0.000000535. The highest BCUT2D eigenvalue weighted by atomic mass is 16.6. The zero-order chi connectivity index (χ0) is 22.1. The van der Waals surface area contributed by atoms with E-state index in [2.05, 4.69) is 79.9 Å². The second-order valence-corrected chi connectivity index (χ2v) is 8.94. The van der Waals surface area contributed by atoms with E-state index in [0.717, 1.165) is 58.5 Å². The average molecular weight is 418 g/mol. The first kappa shape index (κ1) is 21.3. The third kappa shape index (κ3) is 4.72. The van der Waals surface area contributed by atoms with Gasteiger partial charge in [0.05, 0.1) is 23.3 Å². The molecule has 1 saturated heterocycles. The van der Waals surface area contributed by atoms with E-state index < -0.39 is 0 Å². The van der Waals surface area contributed by atoms with Gasteiger partial charge in [-0.25, -0.2) is 4.98 Å². The number of imidazole rings is 1. The number of benzene rings is 2. The van der Waals surface area contributed by atoms with Gasteiger partial charge in [0.25, 0.3) is 0 Å². The first-order chi connectivity index (χ1) is 14.8. The number of nitrogens with zero attached hydrogens (tertiary/aromatic N) is 3. The first-order valence-corrected chi connectivity index (χ1v) is 10.9. The summed E-state index contributed by atoms with van der Waals surface area (Å²) in [5.74, 6) is 2.68. The minimum atomic E-state index is 0.299. The maximum absolute atomic E-state index is 5.36. The van der Waals surface area contributed by atoms with Gasteiger partial charge in [-0.2, -0.15) is 0 Å². The summed E-state index contributed by atoms with van der Waals surface area (Å²) in [5.41, 5.74) is 7.73. The van der Waals surface area contributed by atoms with Crippen molar-refractivity contribution in [1.82, 2.24) is 14.7 Å². The van der Waals surface area contributed by atoms with Crippen molar-refractivity contribution in [3.05, 3.63) is 70.9 Å². The lowest BCUT2D eigenvalue weighted by Gasteiger charge is -2.09. The van der Waals surface area contributed by atoms with Crippen LogP contribution < -0.4 is 0 Å². The topological polar surface area (TPSA) is 56.4 Å². The van der Waals surface area contributed by atoms with Crippen LogP contribution in [0.5, 0.6) is 0 Å². The van der Waals surface area contributed by atoms with Crippen molar-refractivity contribution in [2.24, 2.45) is 5.92 Å². The van der Waals surface area contributed by atoms with Crippen molar-refractivity contribution < 1.29 is 9.26 Å². The van der Waals surface area contributed by atoms with Crippen molar-refractivity contribution in [2.75, 3.05) is 6.61 Å². The number of hydrogen-bond acceptors (Lipinski definition) is 4. The SMILES string of the molecule is CC(C)C.Cc1noc(C)c1-c1ccc2nc(C)n(Cc3ccc(C4CO4)cc3)c2c1. The van der Waals surface area contributed by atoms with Crippen LogP contribution in [0, 0.1) is 26.7 Å². The minimum absolute atomic E-state index is 0.299. The fourth-order valence-electron chi connectivity index (χ4n) is 3.75. The van der Waals surface area contributed by atoms with Gasteiger partial charge in [-0.15, -0.1) is 0 Å². The van der Waals surface area contributed by atoms with Gasteiger partial charge in [-0.05, 0) is 55.5 Å². The van der Waals surface area contributed by atoms with Gasteiger partial charge >= 0.3 is 0 Å². The third-order valence-corrected chi connectivity index (χ3v) is 5.29. The molecule has 5 rings (SSSR count). The smallest absolute Gasteiger partial charge is 0.141 e. The molecule has 5 heteroatoms. The number of aryl methyl sites for hydroxylation is 3. The second kappa shape index (κ2) is 8.67. The fourth-order valence-corrected chi connectivity index (χ4v) is 3.75. The molecule has 1 atom stereocenters. The lowest BCUT2D eigenvalue weighted by Crippen LogP contribution is -2.02. The summed E-state index contributed by atoms with van der Waals surface area (Å²) in [6, 6.07) is 15.0. The molecule has 0 N–H and O–H groups in total. The Morgan fingerprint density at radius 1 is 1.03 bits per heavy atom. The molecular weight excluding hydrogens is 386 g/mol. The van der Waals surface area contributed by atoms with Crippen LogP contribution in [0.25, 0.3) is 22.2 Å². The van der Waals surface area contributed by atoms with Gasteiger partial charge in [0.2, 0.25) is 0 Å².